The Labute approximate surface area is 206 Å². The highest BCUT2D eigenvalue weighted by Gasteiger charge is 2.47. The lowest BCUT2D eigenvalue weighted by Crippen LogP contribution is -2.30. The second kappa shape index (κ2) is 9.41. The molecule has 6 nitrogen and oxygen atoms in total. The van der Waals surface area contributed by atoms with E-state index in [9.17, 15) is 14.7 Å². The molecule has 0 saturated carbocycles. The molecule has 4 rings (SSSR count). The molecule has 3 aromatic carbocycles. The van der Waals surface area contributed by atoms with Crippen molar-refractivity contribution in [3.63, 3.8) is 0 Å². The molecule has 1 fully saturated rings. The lowest BCUT2D eigenvalue weighted by molar-refractivity contribution is -0.132. The van der Waals surface area contributed by atoms with Crippen molar-refractivity contribution in [2.45, 2.75) is 13.0 Å². The molecule has 1 N–H and O–H groups in total. The monoisotopic (exact) mass is 497 g/mol. The van der Waals surface area contributed by atoms with E-state index in [0.717, 1.165) is 5.56 Å². The molecular weight excluding hydrogens is 477 g/mol. The maximum atomic E-state index is 13.4. The first-order valence-corrected chi connectivity index (χ1v) is 11.1. The molecule has 8 heteroatoms. The third kappa shape index (κ3) is 4.00. The maximum absolute atomic E-state index is 13.4. The van der Waals surface area contributed by atoms with E-state index in [2.05, 4.69) is 0 Å². The van der Waals surface area contributed by atoms with Gasteiger partial charge in [-0.2, -0.15) is 0 Å². The molecule has 1 atom stereocenters. The molecule has 34 heavy (non-hydrogen) atoms. The number of anilines is 1. The summed E-state index contributed by atoms with van der Waals surface area (Å²) in [5, 5.41) is 12.1. The molecule has 1 unspecified atom stereocenters. The highest BCUT2D eigenvalue weighted by Crippen LogP contribution is 2.45. The number of nitrogens with zero attached hydrogens (tertiary/aromatic N) is 1. The van der Waals surface area contributed by atoms with Crippen molar-refractivity contribution in [1.82, 2.24) is 0 Å². The summed E-state index contributed by atoms with van der Waals surface area (Å²) < 4.78 is 10.7. The first-order valence-electron chi connectivity index (χ1n) is 10.3. The van der Waals surface area contributed by atoms with E-state index >= 15 is 0 Å². The van der Waals surface area contributed by atoms with Crippen LogP contribution in [-0.4, -0.2) is 31.0 Å². The van der Waals surface area contributed by atoms with Crippen molar-refractivity contribution in [3.8, 4) is 11.5 Å². The molecule has 0 aliphatic carbocycles. The predicted molar refractivity (Wildman–Crippen MR) is 132 cm³/mol. The Morgan fingerprint density at radius 3 is 2.26 bits per heavy atom. The zero-order valence-electron chi connectivity index (χ0n) is 18.6. The summed E-state index contributed by atoms with van der Waals surface area (Å²) in [5.74, 6) is -1.51. The van der Waals surface area contributed by atoms with E-state index in [-0.39, 0.29) is 27.7 Å². The molecule has 1 amide bonds. The van der Waals surface area contributed by atoms with Gasteiger partial charge in [0.05, 0.1) is 36.4 Å². The summed E-state index contributed by atoms with van der Waals surface area (Å²) in [6, 6.07) is 16.2. The lowest BCUT2D eigenvalue weighted by Gasteiger charge is -2.27. The Morgan fingerprint density at radius 1 is 0.941 bits per heavy atom. The molecule has 174 valence electrons. The van der Waals surface area contributed by atoms with Crippen LogP contribution in [0, 0.1) is 6.92 Å². The fourth-order valence-corrected chi connectivity index (χ4v) is 4.46. The fraction of sp³-hybridized carbons (Fsp3) is 0.154. The van der Waals surface area contributed by atoms with Crippen LogP contribution >= 0.6 is 23.2 Å². The van der Waals surface area contributed by atoms with Gasteiger partial charge in [-0.1, -0.05) is 59.6 Å². The number of ether oxygens (including phenoxy) is 2. The number of hydrogen-bond acceptors (Lipinski definition) is 5. The number of ketones is 1. The van der Waals surface area contributed by atoms with Crippen LogP contribution in [0.2, 0.25) is 10.0 Å². The minimum atomic E-state index is -0.898. The summed E-state index contributed by atoms with van der Waals surface area (Å²) >= 11 is 12.4. The van der Waals surface area contributed by atoms with Crippen molar-refractivity contribution < 1.29 is 24.2 Å². The number of halogens is 2. The summed E-state index contributed by atoms with van der Waals surface area (Å²) in [5.41, 5.74) is 1.95. The van der Waals surface area contributed by atoms with Crippen molar-refractivity contribution in [2.24, 2.45) is 0 Å². The Balaban J connectivity index is 2.02. The van der Waals surface area contributed by atoms with Crippen LogP contribution in [0.4, 0.5) is 5.69 Å². The average molecular weight is 498 g/mol. The van der Waals surface area contributed by atoms with Crippen LogP contribution in [-0.2, 0) is 9.59 Å². The van der Waals surface area contributed by atoms with Crippen LogP contribution in [0.1, 0.15) is 22.7 Å². The van der Waals surface area contributed by atoms with Crippen LogP contribution in [0.5, 0.6) is 11.5 Å². The Morgan fingerprint density at radius 2 is 1.62 bits per heavy atom. The van der Waals surface area contributed by atoms with Crippen LogP contribution < -0.4 is 14.4 Å². The topological polar surface area (TPSA) is 76.1 Å². The maximum Gasteiger partial charge on any atom is 0.300 e. The van der Waals surface area contributed by atoms with Gasteiger partial charge in [-0.25, -0.2) is 0 Å². The first kappa shape index (κ1) is 23.7. The van der Waals surface area contributed by atoms with Gasteiger partial charge in [0.25, 0.3) is 11.7 Å². The number of benzene rings is 3. The number of aliphatic hydroxyl groups excluding tert-OH is 1. The number of hydrogen-bond donors (Lipinski definition) is 1. The van der Waals surface area contributed by atoms with Crippen molar-refractivity contribution in [3.05, 3.63) is 93.0 Å². The van der Waals surface area contributed by atoms with Gasteiger partial charge in [-0.05, 0) is 36.2 Å². The number of amides is 1. The Bertz CT molecular complexity index is 1320. The Hall–Kier alpha value is -3.48. The number of carbonyl (C=O) groups is 2. The molecule has 3 aromatic rings. The van der Waals surface area contributed by atoms with Gasteiger partial charge in [-0.15, -0.1) is 0 Å². The standard InChI is InChI=1S/C26H21Cl2NO5/c1-14-9-10-16(27)11-19(14)29-23(15-7-5-4-6-8-15)22(25(31)26(29)32)24(30)17-12-21(34-3)18(28)13-20(17)33-2/h4-13,23,30H,1-3H3/b24-22+. The molecular formula is C26H21Cl2NO5. The number of aryl methyl sites for hydroxylation is 1. The van der Waals surface area contributed by atoms with Gasteiger partial charge >= 0.3 is 0 Å². The molecule has 0 radical (unpaired) electrons. The second-order valence-electron chi connectivity index (χ2n) is 7.70. The number of aliphatic hydroxyl groups is 1. The molecule has 0 bridgehead atoms. The number of Topliss-reactive ketones (excluding diaryl/α,β-unsaturated/α-hetero) is 1. The quantitative estimate of drug-likeness (QED) is 0.268. The second-order valence-corrected chi connectivity index (χ2v) is 8.54. The minimum absolute atomic E-state index is 0.0850. The number of carbonyl (C=O) groups excluding carboxylic acids is 2. The summed E-state index contributed by atoms with van der Waals surface area (Å²) in [6.07, 6.45) is 0. The van der Waals surface area contributed by atoms with Crippen LogP contribution in [0.15, 0.2) is 66.2 Å². The van der Waals surface area contributed by atoms with E-state index in [0.29, 0.717) is 16.3 Å². The third-order valence-corrected chi connectivity index (χ3v) is 6.25. The highest BCUT2D eigenvalue weighted by molar-refractivity contribution is 6.52. The Kier molecular flexibility index (Phi) is 6.55. The van der Waals surface area contributed by atoms with Gasteiger partial charge in [-0.3, -0.25) is 14.5 Å². The summed E-state index contributed by atoms with van der Waals surface area (Å²) in [4.78, 5) is 28.1. The van der Waals surface area contributed by atoms with E-state index < -0.39 is 23.5 Å². The number of methoxy groups -OCH3 is 2. The smallest absolute Gasteiger partial charge is 0.300 e. The zero-order chi connectivity index (χ0) is 24.6. The van der Waals surface area contributed by atoms with E-state index in [4.69, 9.17) is 32.7 Å². The third-order valence-electron chi connectivity index (χ3n) is 5.72. The van der Waals surface area contributed by atoms with Crippen molar-refractivity contribution >= 4 is 46.3 Å². The first-order chi connectivity index (χ1) is 16.3. The lowest BCUT2D eigenvalue weighted by atomic mass is 9.94. The normalized spacial score (nSPS) is 17.2. The summed E-state index contributed by atoms with van der Waals surface area (Å²) in [7, 11) is 2.85. The molecule has 0 aromatic heterocycles. The van der Waals surface area contributed by atoms with Crippen molar-refractivity contribution in [1.29, 1.82) is 0 Å². The van der Waals surface area contributed by atoms with Crippen molar-refractivity contribution in [2.75, 3.05) is 19.1 Å². The van der Waals surface area contributed by atoms with E-state index in [1.807, 2.05) is 13.0 Å². The van der Waals surface area contributed by atoms with E-state index in [1.165, 1.54) is 31.3 Å². The van der Waals surface area contributed by atoms with Gasteiger partial charge in [0.15, 0.2) is 0 Å². The highest BCUT2D eigenvalue weighted by atomic mass is 35.5. The SMILES string of the molecule is COc1cc(/C(O)=C2\C(=O)C(=O)N(c3cc(Cl)ccc3C)C2c2ccccc2)c(OC)cc1Cl. The molecule has 0 spiro atoms. The molecule has 1 heterocycles. The van der Waals surface area contributed by atoms with Gasteiger partial charge in [0.1, 0.15) is 17.3 Å². The van der Waals surface area contributed by atoms with Crippen LogP contribution in [0.3, 0.4) is 0 Å². The number of rotatable bonds is 5. The molecule has 1 saturated heterocycles. The fourth-order valence-electron chi connectivity index (χ4n) is 4.06. The minimum Gasteiger partial charge on any atom is -0.507 e. The van der Waals surface area contributed by atoms with E-state index in [1.54, 1.807) is 42.5 Å². The largest absolute Gasteiger partial charge is 0.507 e. The van der Waals surface area contributed by atoms with Gasteiger partial charge < -0.3 is 14.6 Å². The van der Waals surface area contributed by atoms with Crippen LogP contribution in [0.25, 0.3) is 5.76 Å². The van der Waals surface area contributed by atoms with Gasteiger partial charge in [0, 0.05) is 16.8 Å². The molecule has 1 aliphatic heterocycles. The predicted octanol–water partition coefficient (Wildman–Crippen LogP) is 5.95. The molecule has 1 aliphatic rings. The average Bonchev–Trinajstić information content (AvgIpc) is 3.10. The summed E-state index contributed by atoms with van der Waals surface area (Å²) in [6.45, 7) is 1.82. The van der Waals surface area contributed by atoms with Gasteiger partial charge in [0.2, 0.25) is 0 Å². The zero-order valence-corrected chi connectivity index (χ0v) is 20.1.